The van der Waals surface area contributed by atoms with E-state index >= 15 is 0 Å². The number of carbonyl (C=O) groups is 1. The summed E-state index contributed by atoms with van der Waals surface area (Å²) in [5.41, 5.74) is 4.74. The van der Waals surface area contributed by atoms with Gasteiger partial charge in [-0.15, -0.1) is 0 Å². The first kappa shape index (κ1) is 11.8. The Morgan fingerprint density at radius 3 is 2.79 bits per heavy atom. The lowest BCUT2D eigenvalue weighted by molar-refractivity contribution is 0.0696. The van der Waals surface area contributed by atoms with Gasteiger partial charge < -0.3 is 5.11 Å². The predicted octanol–water partition coefficient (Wildman–Crippen LogP) is 2.64. The van der Waals surface area contributed by atoms with E-state index in [-0.39, 0.29) is 5.56 Å². The van der Waals surface area contributed by atoms with Gasteiger partial charge in [0.25, 0.3) is 0 Å². The molecule has 0 amide bonds. The molecule has 1 aliphatic carbocycles. The van der Waals surface area contributed by atoms with Crippen molar-refractivity contribution in [2.24, 2.45) is 0 Å². The van der Waals surface area contributed by atoms with Crippen molar-refractivity contribution in [2.45, 2.75) is 26.2 Å². The Bertz CT molecular complexity index is 665. The number of benzene rings is 1. The van der Waals surface area contributed by atoms with Gasteiger partial charge in [-0.05, 0) is 43.4 Å². The minimum absolute atomic E-state index is 0.195. The summed E-state index contributed by atoms with van der Waals surface area (Å²) in [4.78, 5) is 19.5. The number of carboxylic acid groups (broad SMARTS) is 1. The van der Waals surface area contributed by atoms with Crippen LogP contribution in [0.2, 0.25) is 0 Å². The van der Waals surface area contributed by atoms with E-state index in [2.05, 4.69) is 22.1 Å². The third-order valence-electron chi connectivity index (χ3n) is 3.62. The second-order valence-corrected chi connectivity index (χ2v) is 4.82. The number of aryl methyl sites for hydroxylation is 3. The van der Waals surface area contributed by atoms with Crippen LogP contribution in [0.15, 0.2) is 24.5 Å². The van der Waals surface area contributed by atoms with Crippen LogP contribution in [0.4, 0.5) is 0 Å². The van der Waals surface area contributed by atoms with Crippen molar-refractivity contribution in [3.8, 4) is 11.3 Å². The Kier molecular flexibility index (Phi) is 2.78. The Morgan fingerprint density at radius 2 is 2.00 bits per heavy atom. The van der Waals surface area contributed by atoms with Crippen LogP contribution < -0.4 is 0 Å². The van der Waals surface area contributed by atoms with Crippen LogP contribution in [0.3, 0.4) is 0 Å². The first-order valence-electron chi connectivity index (χ1n) is 6.34. The maximum Gasteiger partial charge on any atom is 0.339 e. The van der Waals surface area contributed by atoms with Crippen molar-refractivity contribution < 1.29 is 9.90 Å². The van der Waals surface area contributed by atoms with Gasteiger partial charge in [-0.25, -0.2) is 14.8 Å². The molecule has 0 saturated heterocycles. The van der Waals surface area contributed by atoms with Crippen LogP contribution in [0, 0.1) is 6.92 Å². The average Bonchev–Trinajstić information content (AvgIpc) is 2.85. The molecule has 0 saturated carbocycles. The summed E-state index contributed by atoms with van der Waals surface area (Å²) >= 11 is 0. The maximum absolute atomic E-state index is 11.4. The number of aromatic nitrogens is 2. The van der Waals surface area contributed by atoms with Gasteiger partial charge in [0, 0.05) is 5.56 Å². The number of aromatic carboxylic acids is 1. The van der Waals surface area contributed by atoms with E-state index in [1.54, 1.807) is 6.92 Å². The molecule has 96 valence electrons. The van der Waals surface area contributed by atoms with Gasteiger partial charge in [-0.1, -0.05) is 12.1 Å². The van der Waals surface area contributed by atoms with Crippen molar-refractivity contribution in [3.05, 3.63) is 46.9 Å². The molecule has 1 aliphatic rings. The Morgan fingerprint density at radius 1 is 1.21 bits per heavy atom. The molecule has 0 radical (unpaired) electrons. The largest absolute Gasteiger partial charge is 0.478 e. The summed E-state index contributed by atoms with van der Waals surface area (Å²) in [7, 11) is 0. The highest BCUT2D eigenvalue weighted by Gasteiger charge is 2.19. The Balaban J connectivity index is 2.17. The molecular formula is C15H14N2O2. The Labute approximate surface area is 111 Å². The summed E-state index contributed by atoms with van der Waals surface area (Å²) in [6.07, 6.45) is 4.78. The number of hydrogen-bond acceptors (Lipinski definition) is 3. The van der Waals surface area contributed by atoms with E-state index in [9.17, 15) is 9.90 Å². The zero-order valence-corrected chi connectivity index (χ0v) is 10.7. The number of nitrogens with zero attached hydrogens (tertiary/aromatic N) is 2. The fourth-order valence-corrected chi connectivity index (χ4v) is 2.67. The van der Waals surface area contributed by atoms with E-state index in [1.165, 1.54) is 23.9 Å². The molecule has 0 bridgehead atoms. The first-order valence-corrected chi connectivity index (χ1v) is 6.34. The third kappa shape index (κ3) is 1.99. The molecule has 0 unspecified atom stereocenters. The van der Waals surface area contributed by atoms with Gasteiger partial charge in [-0.2, -0.15) is 0 Å². The lowest BCUT2D eigenvalue weighted by Gasteiger charge is -2.09. The van der Waals surface area contributed by atoms with E-state index in [1.807, 2.05) is 6.07 Å². The van der Waals surface area contributed by atoms with Crippen molar-refractivity contribution in [1.82, 2.24) is 9.97 Å². The zero-order chi connectivity index (χ0) is 13.4. The van der Waals surface area contributed by atoms with Gasteiger partial charge in [0.2, 0.25) is 0 Å². The van der Waals surface area contributed by atoms with Crippen LogP contribution in [0.25, 0.3) is 11.3 Å². The van der Waals surface area contributed by atoms with E-state index in [0.717, 1.165) is 18.4 Å². The van der Waals surface area contributed by atoms with Gasteiger partial charge in [0.05, 0.1) is 11.4 Å². The van der Waals surface area contributed by atoms with Crippen LogP contribution in [0.5, 0.6) is 0 Å². The van der Waals surface area contributed by atoms with E-state index in [4.69, 9.17) is 0 Å². The lowest BCUT2D eigenvalue weighted by Crippen LogP contribution is -2.06. The zero-order valence-electron chi connectivity index (χ0n) is 10.7. The second kappa shape index (κ2) is 4.46. The molecule has 1 aromatic carbocycles. The van der Waals surface area contributed by atoms with Crippen LogP contribution in [0.1, 0.15) is 33.6 Å². The normalized spacial score (nSPS) is 13.3. The van der Waals surface area contributed by atoms with Crippen molar-refractivity contribution in [3.63, 3.8) is 0 Å². The highest BCUT2D eigenvalue weighted by molar-refractivity contribution is 5.95. The second-order valence-electron chi connectivity index (χ2n) is 4.82. The molecule has 1 N–H and O–H groups in total. The first-order chi connectivity index (χ1) is 9.16. The smallest absolute Gasteiger partial charge is 0.339 e. The molecule has 1 aromatic heterocycles. The minimum atomic E-state index is -0.978. The molecule has 4 nitrogen and oxygen atoms in total. The molecule has 0 aliphatic heterocycles. The fourth-order valence-electron chi connectivity index (χ4n) is 2.67. The number of fused-ring (bicyclic) bond motifs is 1. The third-order valence-corrected chi connectivity index (χ3v) is 3.62. The summed E-state index contributed by atoms with van der Waals surface area (Å²) in [6, 6.07) is 6.11. The van der Waals surface area contributed by atoms with Crippen molar-refractivity contribution >= 4 is 5.97 Å². The lowest BCUT2D eigenvalue weighted by atomic mass is 10.0. The van der Waals surface area contributed by atoms with Gasteiger partial charge in [0.1, 0.15) is 11.9 Å². The molecule has 0 atom stereocenters. The summed E-state index contributed by atoms with van der Waals surface area (Å²) in [5.74, 6) is -0.978. The molecule has 1 heterocycles. The van der Waals surface area contributed by atoms with Gasteiger partial charge >= 0.3 is 5.97 Å². The fraction of sp³-hybridized carbons (Fsp3) is 0.267. The Hall–Kier alpha value is -2.23. The molecule has 0 spiro atoms. The number of hydrogen-bond donors (Lipinski definition) is 1. The quantitative estimate of drug-likeness (QED) is 0.894. The standard InChI is InChI=1S/C15H14N2O2/c1-9-13(15(18)19)14(17-8-16-9)12-6-5-10-3-2-4-11(10)7-12/h5-8H,2-4H2,1H3,(H,18,19). The molecule has 2 aromatic rings. The summed E-state index contributed by atoms with van der Waals surface area (Å²) < 4.78 is 0. The molecule has 3 rings (SSSR count). The summed E-state index contributed by atoms with van der Waals surface area (Å²) in [6.45, 7) is 1.70. The SMILES string of the molecule is Cc1ncnc(-c2ccc3c(c2)CCC3)c1C(=O)O. The van der Waals surface area contributed by atoms with Gasteiger partial charge in [0.15, 0.2) is 0 Å². The average molecular weight is 254 g/mol. The van der Waals surface area contributed by atoms with Crippen LogP contribution >= 0.6 is 0 Å². The molecule has 4 heteroatoms. The highest BCUT2D eigenvalue weighted by Crippen LogP contribution is 2.29. The van der Waals surface area contributed by atoms with E-state index < -0.39 is 5.97 Å². The minimum Gasteiger partial charge on any atom is -0.478 e. The van der Waals surface area contributed by atoms with Crippen molar-refractivity contribution in [2.75, 3.05) is 0 Å². The maximum atomic E-state index is 11.4. The van der Waals surface area contributed by atoms with Crippen LogP contribution in [-0.4, -0.2) is 21.0 Å². The molecular weight excluding hydrogens is 240 g/mol. The van der Waals surface area contributed by atoms with Crippen LogP contribution in [-0.2, 0) is 12.8 Å². The molecule has 0 fully saturated rings. The predicted molar refractivity (Wildman–Crippen MR) is 71.2 cm³/mol. The van der Waals surface area contributed by atoms with Gasteiger partial charge in [-0.3, -0.25) is 0 Å². The number of carboxylic acids is 1. The highest BCUT2D eigenvalue weighted by atomic mass is 16.4. The van der Waals surface area contributed by atoms with E-state index in [0.29, 0.717) is 11.4 Å². The van der Waals surface area contributed by atoms with Crippen molar-refractivity contribution in [1.29, 1.82) is 0 Å². The monoisotopic (exact) mass is 254 g/mol. The molecule has 19 heavy (non-hydrogen) atoms. The number of rotatable bonds is 2. The topological polar surface area (TPSA) is 63.1 Å². The summed E-state index contributed by atoms with van der Waals surface area (Å²) in [5, 5.41) is 9.32.